The highest BCUT2D eigenvalue weighted by Crippen LogP contribution is 2.27. The van der Waals surface area contributed by atoms with Gasteiger partial charge in [-0.3, -0.25) is 4.68 Å². The van der Waals surface area contributed by atoms with Gasteiger partial charge in [0.05, 0.1) is 17.6 Å². The molecule has 0 saturated carbocycles. The van der Waals surface area contributed by atoms with Crippen molar-refractivity contribution in [1.82, 2.24) is 9.78 Å². The molecule has 1 aromatic carbocycles. The molecular formula is C11H12BrN3. The highest BCUT2D eigenvalue weighted by Gasteiger charge is 2.09. The van der Waals surface area contributed by atoms with Gasteiger partial charge in [-0.25, -0.2) is 0 Å². The molecule has 0 unspecified atom stereocenters. The largest absolute Gasteiger partial charge is 0.396 e. The second kappa shape index (κ2) is 4.06. The van der Waals surface area contributed by atoms with Gasteiger partial charge in [-0.15, -0.1) is 0 Å². The van der Waals surface area contributed by atoms with Crippen molar-refractivity contribution in [3.05, 3.63) is 34.9 Å². The summed E-state index contributed by atoms with van der Waals surface area (Å²) in [5.74, 6) is 0. The van der Waals surface area contributed by atoms with Gasteiger partial charge >= 0.3 is 0 Å². The molecule has 1 aromatic heterocycles. The summed E-state index contributed by atoms with van der Waals surface area (Å²) in [7, 11) is 0. The van der Waals surface area contributed by atoms with Crippen molar-refractivity contribution in [2.24, 2.45) is 0 Å². The van der Waals surface area contributed by atoms with E-state index in [1.165, 1.54) is 0 Å². The van der Waals surface area contributed by atoms with Gasteiger partial charge in [0.25, 0.3) is 0 Å². The maximum atomic E-state index is 5.90. The zero-order valence-corrected chi connectivity index (χ0v) is 10.0. The van der Waals surface area contributed by atoms with Crippen LogP contribution in [-0.4, -0.2) is 9.78 Å². The summed E-state index contributed by atoms with van der Waals surface area (Å²) in [6, 6.07) is 8.06. The number of benzene rings is 1. The average Bonchev–Trinajstić information content (AvgIpc) is 2.59. The Morgan fingerprint density at radius 1 is 1.47 bits per heavy atom. The van der Waals surface area contributed by atoms with Crippen molar-refractivity contribution in [3.8, 4) is 11.3 Å². The van der Waals surface area contributed by atoms with Gasteiger partial charge in [0, 0.05) is 16.6 Å². The van der Waals surface area contributed by atoms with E-state index < -0.39 is 0 Å². The number of halogens is 1. The average molecular weight is 266 g/mol. The number of hydrogen-bond donors (Lipinski definition) is 1. The predicted octanol–water partition coefficient (Wildman–Crippen LogP) is 2.91. The maximum absolute atomic E-state index is 5.90. The van der Waals surface area contributed by atoms with Crippen molar-refractivity contribution in [1.29, 1.82) is 0 Å². The lowest BCUT2D eigenvalue weighted by molar-refractivity contribution is 0.667. The van der Waals surface area contributed by atoms with Gasteiger partial charge < -0.3 is 5.73 Å². The third kappa shape index (κ3) is 1.90. The minimum Gasteiger partial charge on any atom is -0.396 e. The van der Waals surface area contributed by atoms with Crippen LogP contribution in [0.3, 0.4) is 0 Å². The van der Waals surface area contributed by atoms with Crippen LogP contribution in [0, 0.1) is 0 Å². The predicted molar refractivity (Wildman–Crippen MR) is 65.4 cm³/mol. The first kappa shape index (κ1) is 10.2. The molecule has 15 heavy (non-hydrogen) atoms. The Balaban J connectivity index is 2.57. The Morgan fingerprint density at radius 3 is 2.93 bits per heavy atom. The van der Waals surface area contributed by atoms with Crippen molar-refractivity contribution in [3.63, 3.8) is 0 Å². The molecule has 0 aliphatic heterocycles. The van der Waals surface area contributed by atoms with Gasteiger partial charge in [0.15, 0.2) is 0 Å². The first-order valence-corrected chi connectivity index (χ1v) is 5.59. The number of nitrogens with zero attached hydrogens (tertiary/aromatic N) is 2. The van der Waals surface area contributed by atoms with Crippen LogP contribution >= 0.6 is 15.9 Å². The molecule has 4 heteroatoms. The fourth-order valence-electron chi connectivity index (χ4n) is 1.59. The monoisotopic (exact) mass is 265 g/mol. The van der Waals surface area contributed by atoms with E-state index in [0.717, 1.165) is 28.0 Å². The van der Waals surface area contributed by atoms with Gasteiger partial charge in [-0.05, 0) is 19.1 Å². The molecule has 0 saturated heterocycles. The third-order valence-corrected chi connectivity index (χ3v) is 2.76. The molecule has 2 rings (SSSR count). The molecule has 0 aliphatic carbocycles. The lowest BCUT2D eigenvalue weighted by atomic mass is 10.1. The minimum atomic E-state index is 0.718. The Bertz CT molecular complexity index is 476. The van der Waals surface area contributed by atoms with Crippen molar-refractivity contribution >= 4 is 21.6 Å². The molecular weight excluding hydrogens is 254 g/mol. The number of hydrogen-bond acceptors (Lipinski definition) is 2. The number of aryl methyl sites for hydroxylation is 1. The summed E-state index contributed by atoms with van der Waals surface area (Å²) in [4.78, 5) is 0. The van der Waals surface area contributed by atoms with Gasteiger partial charge in [-0.1, -0.05) is 28.1 Å². The second-order valence-electron chi connectivity index (χ2n) is 3.27. The van der Waals surface area contributed by atoms with E-state index >= 15 is 0 Å². The molecule has 78 valence electrons. The van der Waals surface area contributed by atoms with E-state index in [4.69, 9.17) is 5.73 Å². The van der Waals surface area contributed by atoms with E-state index in [9.17, 15) is 0 Å². The zero-order chi connectivity index (χ0) is 10.8. The molecule has 0 radical (unpaired) electrons. The molecule has 1 heterocycles. The van der Waals surface area contributed by atoms with Crippen LogP contribution in [-0.2, 0) is 6.54 Å². The Morgan fingerprint density at radius 2 is 2.27 bits per heavy atom. The lowest BCUT2D eigenvalue weighted by Crippen LogP contribution is -2.00. The minimum absolute atomic E-state index is 0.718. The van der Waals surface area contributed by atoms with Crippen LogP contribution in [0.1, 0.15) is 6.92 Å². The van der Waals surface area contributed by atoms with E-state index in [0.29, 0.717) is 0 Å². The summed E-state index contributed by atoms with van der Waals surface area (Å²) in [5.41, 5.74) is 8.69. The number of nitrogen functional groups attached to an aromatic ring is 1. The number of anilines is 1. The van der Waals surface area contributed by atoms with Crippen molar-refractivity contribution in [2.75, 3.05) is 5.73 Å². The highest BCUT2D eigenvalue weighted by molar-refractivity contribution is 9.10. The van der Waals surface area contributed by atoms with Gasteiger partial charge in [0.2, 0.25) is 0 Å². The first-order valence-electron chi connectivity index (χ1n) is 4.79. The summed E-state index contributed by atoms with van der Waals surface area (Å²) in [6.07, 6.45) is 1.69. The first-order chi connectivity index (χ1) is 7.22. The molecule has 3 nitrogen and oxygen atoms in total. The Kier molecular flexibility index (Phi) is 2.77. The van der Waals surface area contributed by atoms with Crippen LogP contribution in [0.4, 0.5) is 5.69 Å². The van der Waals surface area contributed by atoms with Crippen molar-refractivity contribution < 1.29 is 0 Å². The summed E-state index contributed by atoms with van der Waals surface area (Å²) >= 11 is 3.45. The van der Waals surface area contributed by atoms with Crippen LogP contribution < -0.4 is 5.73 Å². The second-order valence-corrected chi connectivity index (χ2v) is 4.19. The topological polar surface area (TPSA) is 43.8 Å². The standard InChI is InChI=1S/C11H12BrN3/c1-2-15-11(10(13)7-14-15)8-4-3-5-9(12)6-8/h3-7H,2,13H2,1H3. The van der Waals surface area contributed by atoms with Gasteiger partial charge in [0.1, 0.15) is 0 Å². The van der Waals surface area contributed by atoms with Crippen LogP contribution in [0.5, 0.6) is 0 Å². The Hall–Kier alpha value is -1.29. The fraction of sp³-hybridized carbons (Fsp3) is 0.182. The summed E-state index contributed by atoms with van der Waals surface area (Å²) in [6.45, 7) is 2.87. The Labute approximate surface area is 97.0 Å². The third-order valence-electron chi connectivity index (χ3n) is 2.27. The normalized spacial score (nSPS) is 10.5. The summed E-state index contributed by atoms with van der Waals surface area (Å²) in [5, 5.41) is 4.22. The fourth-order valence-corrected chi connectivity index (χ4v) is 1.99. The molecule has 0 spiro atoms. The molecule has 0 amide bonds. The highest BCUT2D eigenvalue weighted by atomic mass is 79.9. The number of nitrogens with two attached hydrogens (primary N) is 1. The lowest BCUT2D eigenvalue weighted by Gasteiger charge is -2.06. The number of aromatic nitrogens is 2. The smallest absolute Gasteiger partial charge is 0.0912 e. The van der Waals surface area contributed by atoms with E-state index in [1.807, 2.05) is 35.9 Å². The molecule has 2 aromatic rings. The van der Waals surface area contributed by atoms with Crippen LogP contribution in [0.2, 0.25) is 0 Å². The van der Waals surface area contributed by atoms with E-state index in [2.05, 4.69) is 21.0 Å². The molecule has 0 atom stereocenters. The molecule has 0 bridgehead atoms. The van der Waals surface area contributed by atoms with Crippen molar-refractivity contribution in [2.45, 2.75) is 13.5 Å². The zero-order valence-electron chi connectivity index (χ0n) is 8.44. The van der Waals surface area contributed by atoms with E-state index in [-0.39, 0.29) is 0 Å². The molecule has 2 N–H and O–H groups in total. The molecule has 0 fully saturated rings. The maximum Gasteiger partial charge on any atom is 0.0912 e. The van der Waals surface area contributed by atoms with E-state index in [1.54, 1.807) is 6.20 Å². The van der Waals surface area contributed by atoms with Crippen LogP contribution in [0.15, 0.2) is 34.9 Å². The number of rotatable bonds is 2. The molecule has 0 aliphatic rings. The quantitative estimate of drug-likeness (QED) is 0.908. The van der Waals surface area contributed by atoms with Gasteiger partial charge in [-0.2, -0.15) is 5.10 Å². The summed E-state index contributed by atoms with van der Waals surface area (Å²) < 4.78 is 2.94. The SMILES string of the molecule is CCn1ncc(N)c1-c1cccc(Br)c1. The van der Waals surface area contributed by atoms with Crippen LogP contribution in [0.25, 0.3) is 11.3 Å².